The highest BCUT2D eigenvalue weighted by Crippen LogP contribution is 2.23. The van der Waals surface area contributed by atoms with Crippen molar-refractivity contribution in [3.8, 4) is 0 Å². The number of H-pyrrole nitrogens is 1. The molecule has 0 unspecified atom stereocenters. The monoisotopic (exact) mass is 453 g/mol. The van der Waals surface area contributed by atoms with Crippen molar-refractivity contribution >= 4 is 35.3 Å². The minimum Gasteiger partial charge on any atom is -0.480 e. The van der Waals surface area contributed by atoms with Crippen LogP contribution in [-0.4, -0.2) is 45.0 Å². The number of rotatable bonds is 10. The molecule has 32 heavy (non-hydrogen) atoms. The minimum absolute atomic E-state index is 0.320. The van der Waals surface area contributed by atoms with Gasteiger partial charge >= 0.3 is 5.97 Å². The largest absolute Gasteiger partial charge is 0.480 e. The van der Waals surface area contributed by atoms with Crippen molar-refractivity contribution in [3.63, 3.8) is 0 Å². The Balaban J connectivity index is 1.86. The number of carboxylic acid groups (broad SMARTS) is 1. The molecule has 1 aromatic heterocycles. The van der Waals surface area contributed by atoms with Crippen molar-refractivity contribution in [3.05, 3.63) is 89.3 Å². The molecule has 3 rings (SSSR count). The highest BCUT2D eigenvalue weighted by molar-refractivity contribution is 7.98. The van der Waals surface area contributed by atoms with Crippen molar-refractivity contribution in [2.24, 2.45) is 0 Å². The molecule has 0 aliphatic heterocycles. The Morgan fingerprint density at radius 1 is 1.22 bits per heavy atom. The zero-order valence-corrected chi connectivity index (χ0v) is 18.4. The van der Waals surface area contributed by atoms with Gasteiger partial charge in [-0.05, 0) is 59.4 Å². The van der Waals surface area contributed by atoms with E-state index in [0.717, 1.165) is 22.5 Å². The topological polar surface area (TPSA) is 95.1 Å². The number of aromatic amines is 1. The molecule has 1 atom stereocenters. The number of hydrogen-bond donors (Lipinski definition) is 3. The number of carbonyl (C=O) groups excluding carboxylic acids is 1. The Kier molecular flexibility index (Phi) is 8.21. The van der Waals surface area contributed by atoms with Crippen LogP contribution in [0.25, 0.3) is 11.6 Å². The predicted octanol–water partition coefficient (Wildman–Crippen LogP) is 4.27. The first kappa shape index (κ1) is 23.3. The molecule has 1 heterocycles. The van der Waals surface area contributed by atoms with E-state index >= 15 is 0 Å². The Labute approximate surface area is 190 Å². The molecule has 0 aliphatic rings. The van der Waals surface area contributed by atoms with E-state index in [1.807, 2.05) is 18.4 Å². The van der Waals surface area contributed by atoms with E-state index in [1.165, 1.54) is 23.9 Å². The molecular formula is C24H24FN3O3S. The molecule has 0 radical (unpaired) electrons. The van der Waals surface area contributed by atoms with Crippen molar-refractivity contribution in [2.45, 2.75) is 18.9 Å². The summed E-state index contributed by atoms with van der Waals surface area (Å²) in [4.78, 5) is 31.4. The van der Waals surface area contributed by atoms with E-state index in [2.05, 4.69) is 15.3 Å². The zero-order valence-electron chi connectivity index (χ0n) is 17.5. The molecule has 0 fully saturated rings. The molecule has 8 heteroatoms. The normalized spacial score (nSPS) is 12.4. The molecule has 0 spiro atoms. The number of halogens is 1. The number of aliphatic carboxylic acids is 1. The fraction of sp³-hybridized carbons (Fsp3) is 0.208. The van der Waals surface area contributed by atoms with Gasteiger partial charge in [-0.3, -0.25) is 4.79 Å². The second-order valence-electron chi connectivity index (χ2n) is 7.16. The maximum Gasteiger partial charge on any atom is 0.326 e. The van der Waals surface area contributed by atoms with Crippen LogP contribution in [0.5, 0.6) is 0 Å². The molecule has 0 bridgehead atoms. The molecule has 0 saturated carbocycles. The van der Waals surface area contributed by atoms with Crippen LogP contribution >= 0.6 is 11.8 Å². The van der Waals surface area contributed by atoms with Gasteiger partial charge in [-0.1, -0.05) is 30.3 Å². The molecule has 0 aliphatic carbocycles. The van der Waals surface area contributed by atoms with Gasteiger partial charge in [-0.2, -0.15) is 11.8 Å². The van der Waals surface area contributed by atoms with E-state index in [1.54, 1.807) is 42.7 Å². The van der Waals surface area contributed by atoms with E-state index in [4.69, 9.17) is 0 Å². The van der Waals surface area contributed by atoms with Crippen molar-refractivity contribution < 1.29 is 19.1 Å². The van der Waals surface area contributed by atoms with Crippen LogP contribution in [0.15, 0.2) is 60.9 Å². The van der Waals surface area contributed by atoms with Gasteiger partial charge in [-0.15, -0.1) is 0 Å². The van der Waals surface area contributed by atoms with Crippen molar-refractivity contribution in [1.29, 1.82) is 0 Å². The second-order valence-corrected chi connectivity index (χ2v) is 8.15. The SMILES string of the molecule is CSCC[C@H](NC(=O)c1cccc(C=C(Cc2ncc[nH]2)c2ccc(F)cc2)c1)C(=O)O. The first-order valence-corrected chi connectivity index (χ1v) is 11.4. The number of aromatic nitrogens is 2. The van der Waals surface area contributed by atoms with Crippen LogP contribution in [0, 0.1) is 5.82 Å². The number of imidazole rings is 1. The number of hydrogen-bond acceptors (Lipinski definition) is 4. The lowest BCUT2D eigenvalue weighted by Crippen LogP contribution is -2.41. The summed E-state index contributed by atoms with van der Waals surface area (Å²) in [5.41, 5.74) is 2.85. The number of benzene rings is 2. The molecule has 3 aromatic rings. The highest BCUT2D eigenvalue weighted by atomic mass is 32.2. The van der Waals surface area contributed by atoms with E-state index in [9.17, 15) is 19.1 Å². The first-order chi connectivity index (χ1) is 15.5. The number of amides is 1. The average molecular weight is 454 g/mol. The van der Waals surface area contributed by atoms with Crippen LogP contribution in [0.4, 0.5) is 4.39 Å². The third kappa shape index (κ3) is 6.55. The summed E-state index contributed by atoms with van der Waals surface area (Å²) in [7, 11) is 0. The number of carbonyl (C=O) groups is 2. The number of nitrogens with one attached hydrogen (secondary N) is 2. The summed E-state index contributed by atoms with van der Waals surface area (Å²) < 4.78 is 13.4. The number of allylic oxidation sites excluding steroid dienone is 1. The smallest absolute Gasteiger partial charge is 0.326 e. The third-order valence-electron chi connectivity index (χ3n) is 4.83. The Morgan fingerprint density at radius 2 is 2.00 bits per heavy atom. The number of carboxylic acids is 1. The molecule has 1 amide bonds. The van der Waals surface area contributed by atoms with Crippen LogP contribution in [0.3, 0.4) is 0 Å². The number of nitrogens with zero attached hydrogens (tertiary/aromatic N) is 1. The average Bonchev–Trinajstić information content (AvgIpc) is 3.30. The number of thioether (sulfide) groups is 1. The van der Waals surface area contributed by atoms with Crippen LogP contribution < -0.4 is 5.32 Å². The van der Waals surface area contributed by atoms with Crippen molar-refractivity contribution in [1.82, 2.24) is 15.3 Å². The van der Waals surface area contributed by atoms with Gasteiger partial charge in [0.1, 0.15) is 17.7 Å². The Hall–Kier alpha value is -3.39. The standard InChI is InChI=1S/C24H24FN3O3S/c1-32-12-9-21(24(30)31)28-23(29)18-4-2-3-16(13-18)14-19(15-22-26-10-11-27-22)17-5-7-20(25)8-6-17/h2-8,10-11,13-14,21H,9,12,15H2,1H3,(H,26,27)(H,28,29)(H,30,31)/t21-/m0/s1. The van der Waals surface area contributed by atoms with E-state index in [0.29, 0.717) is 24.2 Å². The molecule has 6 nitrogen and oxygen atoms in total. The Bertz CT molecular complexity index is 1080. The summed E-state index contributed by atoms with van der Waals surface area (Å²) in [6.45, 7) is 0. The lowest BCUT2D eigenvalue weighted by Gasteiger charge is -2.14. The summed E-state index contributed by atoms with van der Waals surface area (Å²) in [6.07, 6.45) is 8.04. The molecule has 2 aromatic carbocycles. The molecule has 3 N–H and O–H groups in total. The quantitative estimate of drug-likeness (QED) is 0.399. The maximum absolute atomic E-state index is 13.4. The summed E-state index contributed by atoms with van der Waals surface area (Å²) in [5, 5.41) is 12.0. The van der Waals surface area contributed by atoms with Gasteiger partial charge in [-0.25, -0.2) is 14.2 Å². The van der Waals surface area contributed by atoms with E-state index < -0.39 is 17.9 Å². The molecule has 166 valence electrons. The van der Waals surface area contributed by atoms with Gasteiger partial charge in [0, 0.05) is 24.4 Å². The van der Waals surface area contributed by atoms with Gasteiger partial charge in [0.2, 0.25) is 0 Å². The summed E-state index contributed by atoms with van der Waals surface area (Å²) in [6, 6.07) is 12.2. The lowest BCUT2D eigenvalue weighted by atomic mass is 9.98. The Morgan fingerprint density at radius 3 is 2.66 bits per heavy atom. The second kappa shape index (κ2) is 11.3. The molecular weight excluding hydrogens is 429 g/mol. The maximum atomic E-state index is 13.4. The molecule has 0 saturated heterocycles. The summed E-state index contributed by atoms with van der Waals surface area (Å²) >= 11 is 1.53. The van der Waals surface area contributed by atoms with E-state index in [-0.39, 0.29) is 5.82 Å². The van der Waals surface area contributed by atoms with Crippen molar-refractivity contribution in [2.75, 3.05) is 12.0 Å². The minimum atomic E-state index is -1.06. The summed E-state index contributed by atoms with van der Waals surface area (Å²) in [5.74, 6) is -0.427. The first-order valence-electron chi connectivity index (χ1n) is 10.0. The fourth-order valence-corrected chi connectivity index (χ4v) is 3.65. The van der Waals surface area contributed by atoms with Gasteiger partial charge in [0.25, 0.3) is 5.91 Å². The predicted molar refractivity (Wildman–Crippen MR) is 125 cm³/mol. The van der Waals surface area contributed by atoms with Gasteiger partial charge in [0.15, 0.2) is 0 Å². The van der Waals surface area contributed by atoms with Gasteiger partial charge < -0.3 is 15.4 Å². The van der Waals surface area contributed by atoms with Crippen LogP contribution in [0.2, 0.25) is 0 Å². The van der Waals surface area contributed by atoms with Gasteiger partial charge in [0.05, 0.1) is 0 Å². The lowest BCUT2D eigenvalue weighted by molar-refractivity contribution is -0.139. The van der Waals surface area contributed by atoms with Crippen LogP contribution in [0.1, 0.15) is 33.7 Å². The third-order valence-corrected chi connectivity index (χ3v) is 5.48. The van der Waals surface area contributed by atoms with Crippen LogP contribution in [-0.2, 0) is 11.2 Å². The fourth-order valence-electron chi connectivity index (χ4n) is 3.18. The zero-order chi connectivity index (χ0) is 22.9. The highest BCUT2D eigenvalue weighted by Gasteiger charge is 2.20.